The van der Waals surface area contributed by atoms with Crippen molar-refractivity contribution in [3.8, 4) is 0 Å². The Morgan fingerprint density at radius 1 is 1.24 bits per heavy atom. The molecule has 0 aliphatic rings. The minimum absolute atomic E-state index is 0.596. The molecule has 0 spiro atoms. The molecule has 0 amide bonds. The van der Waals surface area contributed by atoms with Gasteiger partial charge in [0.05, 0.1) is 0 Å². The molecule has 0 unspecified atom stereocenters. The molecule has 0 N–H and O–H groups in total. The number of hydrogen-bond donors (Lipinski definition) is 0. The SMILES string of the molecule is Cc1cc(N=Cc2ccc(N(C)C)cc2)no1. The Kier molecular flexibility index (Phi) is 3.23. The first-order valence-electron chi connectivity index (χ1n) is 5.40. The lowest BCUT2D eigenvalue weighted by Gasteiger charge is -2.11. The van der Waals surface area contributed by atoms with Gasteiger partial charge in [0, 0.05) is 32.1 Å². The highest BCUT2D eigenvalue weighted by Crippen LogP contribution is 2.13. The molecule has 0 fully saturated rings. The number of aryl methyl sites for hydroxylation is 1. The lowest BCUT2D eigenvalue weighted by Crippen LogP contribution is -2.08. The first kappa shape index (κ1) is 11.4. The molecule has 1 heterocycles. The van der Waals surface area contributed by atoms with Gasteiger partial charge >= 0.3 is 0 Å². The maximum atomic E-state index is 4.93. The van der Waals surface area contributed by atoms with Crippen molar-refractivity contribution in [2.75, 3.05) is 19.0 Å². The highest BCUT2D eigenvalue weighted by Gasteiger charge is 1.97. The highest BCUT2D eigenvalue weighted by molar-refractivity contribution is 5.82. The molecule has 2 rings (SSSR count). The number of rotatable bonds is 3. The summed E-state index contributed by atoms with van der Waals surface area (Å²) >= 11 is 0. The molecule has 0 aliphatic carbocycles. The zero-order chi connectivity index (χ0) is 12.3. The van der Waals surface area contributed by atoms with E-state index < -0.39 is 0 Å². The van der Waals surface area contributed by atoms with E-state index in [1.807, 2.05) is 33.2 Å². The first-order chi connectivity index (χ1) is 8.15. The third-order valence-electron chi connectivity index (χ3n) is 2.37. The molecular weight excluding hydrogens is 214 g/mol. The van der Waals surface area contributed by atoms with Gasteiger partial charge in [-0.1, -0.05) is 17.3 Å². The van der Waals surface area contributed by atoms with Gasteiger partial charge in [-0.15, -0.1) is 0 Å². The van der Waals surface area contributed by atoms with Gasteiger partial charge in [-0.3, -0.25) is 0 Å². The largest absolute Gasteiger partial charge is 0.378 e. The molecule has 0 saturated heterocycles. The molecule has 4 nitrogen and oxygen atoms in total. The van der Waals surface area contributed by atoms with Crippen LogP contribution in [0, 0.1) is 6.92 Å². The monoisotopic (exact) mass is 229 g/mol. The van der Waals surface area contributed by atoms with Crippen LogP contribution in [0.5, 0.6) is 0 Å². The number of aliphatic imine (C=N–C) groups is 1. The van der Waals surface area contributed by atoms with E-state index in [1.165, 1.54) is 5.69 Å². The average molecular weight is 229 g/mol. The van der Waals surface area contributed by atoms with Crippen molar-refractivity contribution in [2.45, 2.75) is 6.92 Å². The lowest BCUT2D eigenvalue weighted by molar-refractivity contribution is 0.399. The minimum Gasteiger partial charge on any atom is -0.378 e. The third-order valence-corrected chi connectivity index (χ3v) is 2.37. The Morgan fingerprint density at radius 2 is 1.94 bits per heavy atom. The van der Waals surface area contributed by atoms with E-state index in [4.69, 9.17) is 4.52 Å². The molecule has 0 bridgehead atoms. The fraction of sp³-hybridized carbons (Fsp3) is 0.231. The van der Waals surface area contributed by atoms with E-state index in [9.17, 15) is 0 Å². The predicted octanol–water partition coefficient (Wildman–Crippen LogP) is 2.80. The zero-order valence-corrected chi connectivity index (χ0v) is 10.2. The van der Waals surface area contributed by atoms with Crippen molar-refractivity contribution in [1.82, 2.24) is 5.16 Å². The normalized spacial score (nSPS) is 11.0. The van der Waals surface area contributed by atoms with Crippen LogP contribution in [0.3, 0.4) is 0 Å². The Hall–Kier alpha value is -2.10. The number of benzene rings is 1. The maximum absolute atomic E-state index is 4.93. The lowest BCUT2D eigenvalue weighted by atomic mass is 10.2. The topological polar surface area (TPSA) is 41.6 Å². The molecule has 0 radical (unpaired) electrons. The van der Waals surface area contributed by atoms with Crippen molar-refractivity contribution in [2.24, 2.45) is 4.99 Å². The summed E-state index contributed by atoms with van der Waals surface area (Å²) in [5.74, 6) is 1.36. The van der Waals surface area contributed by atoms with Crippen LogP contribution in [-0.2, 0) is 0 Å². The fourth-order valence-electron chi connectivity index (χ4n) is 1.41. The molecule has 0 aliphatic heterocycles. The van der Waals surface area contributed by atoms with E-state index in [1.54, 1.807) is 12.3 Å². The summed E-state index contributed by atoms with van der Waals surface area (Å²) in [4.78, 5) is 6.29. The highest BCUT2D eigenvalue weighted by atomic mass is 16.5. The minimum atomic E-state index is 0.596. The molecule has 1 aromatic carbocycles. The summed E-state index contributed by atoms with van der Waals surface area (Å²) in [7, 11) is 4.03. The second-order valence-electron chi connectivity index (χ2n) is 4.04. The van der Waals surface area contributed by atoms with E-state index in [0.717, 1.165) is 11.3 Å². The van der Waals surface area contributed by atoms with Crippen molar-refractivity contribution in [3.63, 3.8) is 0 Å². The fourth-order valence-corrected chi connectivity index (χ4v) is 1.41. The summed E-state index contributed by atoms with van der Waals surface area (Å²) in [5, 5.41) is 3.80. The van der Waals surface area contributed by atoms with Gasteiger partial charge in [-0.25, -0.2) is 4.99 Å². The Labute approximate surface area is 101 Å². The van der Waals surface area contributed by atoms with Crippen molar-refractivity contribution in [1.29, 1.82) is 0 Å². The number of aromatic nitrogens is 1. The van der Waals surface area contributed by atoms with Crippen LogP contribution < -0.4 is 4.90 Å². The number of hydrogen-bond acceptors (Lipinski definition) is 4. The Morgan fingerprint density at radius 3 is 2.47 bits per heavy atom. The van der Waals surface area contributed by atoms with E-state index >= 15 is 0 Å². The van der Waals surface area contributed by atoms with E-state index in [2.05, 4.69) is 27.2 Å². The van der Waals surface area contributed by atoms with Crippen LogP contribution in [0.25, 0.3) is 0 Å². The average Bonchev–Trinajstić information content (AvgIpc) is 2.73. The summed E-state index contributed by atoms with van der Waals surface area (Å²) in [6, 6.07) is 9.94. The van der Waals surface area contributed by atoms with Crippen LogP contribution >= 0.6 is 0 Å². The zero-order valence-electron chi connectivity index (χ0n) is 10.2. The van der Waals surface area contributed by atoms with Crippen LogP contribution in [0.1, 0.15) is 11.3 Å². The molecule has 1 aromatic heterocycles. The predicted molar refractivity (Wildman–Crippen MR) is 69.3 cm³/mol. The molecule has 17 heavy (non-hydrogen) atoms. The molecule has 2 aromatic rings. The van der Waals surface area contributed by atoms with Crippen molar-refractivity contribution < 1.29 is 4.52 Å². The summed E-state index contributed by atoms with van der Waals surface area (Å²) < 4.78 is 4.93. The first-order valence-corrected chi connectivity index (χ1v) is 5.40. The maximum Gasteiger partial charge on any atom is 0.195 e. The van der Waals surface area contributed by atoms with Crippen LogP contribution in [0.15, 0.2) is 39.8 Å². The summed E-state index contributed by atoms with van der Waals surface area (Å²) in [6.45, 7) is 1.85. The van der Waals surface area contributed by atoms with E-state index in [-0.39, 0.29) is 0 Å². The van der Waals surface area contributed by atoms with Gasteiger partial charge in [-0.2, -0.15) is 0 Å². The van der Waals surface area contributed by atoms with Crippen molar-refractivity contribution >= 4 is 17.7 Å². The molecule has 0 saturated carbocycles. The molecule has 4 heteroatoms. The second kappa shape index (κ2) is 4.82. The van der Waals surface area contributed by atoms with Gasteiger partial charge in [0.1, 0.15) is 5.76 Å². The number of nitrogens with zero attached hydrogens (tertiary/aromatic N) is 3. The summed E-state index contributed by atoms with van der Waals surface area (Å²) in [6.07, 6.45) is 1.77. The van der Waals surface area contributed by atoms with Crippen LogP contribution in [0.4, 0.5) is 11.5 Å². The Balaban J connectivity index is 2.11. The van der Waals surface area contributed by atoms with E-state index in [0.29, 0.717) is 5.82 Å². The number of anilines is 1. The Bertz CT molecular complexity index is 512. The molecule has 88 valence electrons. The second-order valence-corrected chi connectivity index (χ2v) is 4.04. The van der Waals surface area contributed by atoms with Gasteiger partial charge in [0.25, 0.3) is 0 Å². The van der Waals surface area contributed by atoms with Crippen LogP contribution in [-0.4, -0.2) is 25.5 Å². The smallest absolute Gasteiger partial charge is 0.195 e. The van der Waals surface area contributed by atoms with Gasteiger partial charge in [0.15, 0.2) is 5.82 Å². The van der Waals surface area contributed by atoms with Crippen molar-refractivity contribution in [3.05, 3.63) is 41.7 Å². The molecular formula is C13H15N3O. The van der Waals surface area contributed by atoms with Gasteiger partial charge in [0.2, 0.25) is 0 Å². The van der Waals surface area contributed by atoms with Gasteiger partial charge in [-0.05, 0) is 24.6 Å². The standard InChI is InChI=1S/C13H15N3O/c1-10-8-13(15-17-10)14-9-11-4-6-12(7-5-11)16(2)3/h4-9H,1-3H3. The third kappa shape index (κ3) is 2.93. The summed E-state index contributed by atoms with van der Waals surface area (Å²) in [5.41, 5.74) is 2.20. The van der Waals surface area contributed by atoms with Gasteiger partial charge < -0.3 is 9.42 Å². The van der Waals surface area contributed by atoms with Crippen LogP contribution in [0.2, 0.25) is 0 Å². The molecule has 0 atom stereocenters. The quantitative estimate of drug-likeness (QED) is 0.760.